The van der Waals surface area contributed by atoms with E-state index in [1.807, 2.05) is 24.3 Å². The van der Waals surface area contributed by atoms with Crippen LogP contribution in [0.15, 0.2) is 47.4 Å². The summed E-state index contributed by atoms with van der Waals surface area (Å²) >= 11 is 0. The average Bonchev–Trinajstić information content (AvgIpc) is 3.06. The number of ether oxygens (including phenoxy) is 1. The molecule has 1 aliphatic heterocycles. The summed E-state index contributed by atoms with van der Waals surface area (Å²) in [5.41, 5.74) is 7.13. The highest BCUT2D eigenvalue weighted by atomic mass is 32.2. The summed E-state index contributed by atoms with van der Waals surface area (Å²) in [4.78, 5) is 16.5. The zero-order chi connectivity index (χ0) is 22.6. The quantitative estimate of drug-likeness (QED) is 0.654. The largest absolute Gasteiger partial charge is 0.496 e. The van der Waals surface area contributed by atoms with Crippen LogP contribution in [-0.2, 0) is 15.4 Å². The van der Waals surface area contributed by atoms with Crippen molar-refractivity contribution in [2.75, 3.05) is 20.2 Å². The van der Waals surface area contributed by atoms with Crippen molar-refractivity contribution < 1.29 is 17.9 Å². The minimum Gasteiger partial charge on any atom is -0.496 e. The SMILES string of the molecule is COc1ccc(S(=O)(=O)N2CC(n3c(C(C)(C)C)nc4ccccc43)C2)cc1C(N)=O. The molecule has 0 radical (unpaired) electrons. The van der Waals surface area contributed by atoms with Gasteiger partial charge in [0.2, 0.25) is 10.0 Å². The number of sulfonamides is 1. The smallest absolute Gasteiger partial charge is 0.252 e. The number of methoxy groups -OCH3 is 1. The van der Waals surface area contributed by atoms with Gasteiger partial charge in [0, 0.05) is 18.5 Å². The highest BCUT2D eigenvalue weighted by Gasteiger charge is 2.40. The minimum atomic E-state index is -3.77. The molecule has 0 unspecified atom stereocenters. The molecule has 2 N–H and O–H groups in total. The molecule has 1 saturated heterocycles. The van der Waals surface area contributed by atoms with Gasteiger partial charge < -0.3 is 15.0 Å². The van der Waals surface area contributed by atoms with E-state index in [2.05, 4.69) is 25.3 Å². The Kier molecular flexibility index (Phi) is 5.06. The van der Waals surface area contributed by atoms with Gasteiger partial charge in [0.25, 0.3) is 5.91 Å². The summed E-state index contributed by atoms with van der Waals surface area (Å²) in [5, 5.41) is 0. The third kappa shape index (κ3) is 3.57. The van der Waals surface area contributed by atoms with E-state index in [-0.39, 0.29) is 27.7 Å². The summed E-state index contributed by atoms with van der Waals surface area (Å²) in [6.07, 6.45) is 0. The van der Waals surface area contributed by atoms with Gasteiger partial charge in [0.1, 0.15) is 11.6 Å². The number of hydrogen-bond donors (Lipinski definition) is 1. The van der Waals surface area contributed by atoms with Crippen molar-refractivity contribution in [3.8, 4) is 5.75 Å². The van der Waals surface area contributed by atoms with Crippen molar-refractivity contribution in [3.63, 3.8) is 0 Å². The molecule has 0 saturated carbocycles. The summed E-state index contributed by atoms with van der Waals surface area (Å²) in [6, 6.07) is 12.0. The van der Waals surface area contributed by atoms with Crippen LogP contribution in [0, 0.1) is 0 Å². The number of fused-ring (bicyclic) bond motifs is 1. The van der Waals surface area contributed by atoms with Crippen LogP contribution in [0.3, 0.4) is 0 Å². The van der Waals surface area contributed by atoms with E-state index in [0.717, 1.165) is 16.9 Å². The molecule has 4 rings (SSSR count). The number of amides is 1. The highest BCUT2D eigenvalue weighted by molar-refractivity contribution is 7.89. The Morgan fingerprint density at radius 3 is 2.45 bits per heavy atom. The molecule has 31 heavy (non-hydrogen) atoms. The predicted octanol–water partition coefficient (Wildman–Crippen LogP) is 2.69. The summed E-state index contributed by atoms with van der Waals surface area (Å²) < 4.78 is 35.0. The fourth-order valence-electron chi connectivity index (χ4n) is 3.91. The number of aromatic nitrogens is 2. The molecule has 0 bridgehead atoms. The van der Waals surface area contributed by atoms with Crippen molar-refractivity contribution in [1.82, 2.24) is 13.9 Å². The van der Waals surface area contributed by atoms with Gasteiger partial charge in [-0.3, -0.25) is 4.79 Å². The molecule has 9 heteroatoms. The van der Waals surface area contributed by atoms with Gasteiger partial charge in [0.15, 0.2) is 0 Å². The maximum Gasteiger partial charge on any atom is 0.252 e. The number of primary amides is 1. The Morgan fingerprint density at radius 2 is 1.84 bits per heavy atom. The molecule has 2 heterocycles. The lowest BCUT2D eigenvalue weighted by Gasteiger charge is -2.40. The van der Waals surface area contributed by atoms with E-state index < -0.39 is 15.9 Å². The van der Waals surface area contributed by atoms with Gasteiger partial charge >= 0.3 is 0 Å². The van der Waals surface area contributed by atoms with Crippen molar-refractivity contribution in [2.45, 2.75) is 37.1 Å². The fraction of sp³-hybridized carbons (Fsp3) is 0.364. The Hall–Kier alpha value is -2.91. The van der Waals surface area contributed by atoms with Crippen LogP contribution in [0.5, 0.6) is 5.75 Å². The van der Waals surface area contributed by atoms with Crippen LogP contribution in [0.2, 0.25) is 0 Å². The van der Waals surface area contributed by atoms with E-state index in [9.17, 15) is 13.2 Å². The Morgan fingerprint density at radius 1 is 1.16 bits per heavy atom. The number of benzene rings is 2. The third-order valence-electron chi connectivity index (χ3n) is 5.53. The second-order valence-corrected chi connectivity index (χ2v) is 10.7. The lowest BCUT2D eigenvalue weighted by atomic mass is 9.95. The Labute approximate surface area is 181 Å². The molecule has 1 amide bonds. The maximum absolute atomic E-state index is 13.2. The number of carbonyl (C=O) groups is 1. The summed E-state index contributed by atoms with van der Waals surface area (Å²) in [5.74, 6) is 0.430. The average molecular weight is 443 g/mol. The molecule has 0 aliphatic carbocycles. The topological polar surface area (TPSA) is 108 Å². The van der Waals surface area contributed by atoms with Crippen LogP contribution in [-0.4, -0.2) is 48.4 Å². The summed E-state index contributed by atoms with van der Waals surface area (Å²) in [7, 11) is -2.37. The lowest BCUT2D eigenvalue weighted by molar-refractivity contribution is 0.0997. The number of carbonyl (C=O) groups excluding carboxylic acids is 1. The van der Waals surface area contributed by atoms with Gasteiger partial charge in [-0.25, -0.2) is 13.4 Å². The number of nitrogens with two attached hydrogens (primary N) is 1. The Bertz CT molecular complexity index is 1270. The molecular weight excluding hydrogens is 416 g/mol. The first-order chi connectivity index (χ1) is 14.5. The number of para-hydroxylation sites is 2. The first-order valence-electron chi connectivity index (χ1n) is 9.99. The summed E-state index contributed by atoms with van der Waals surface area (Å²) in [6.45, 7) is 6.94. The second-order valence-electron chi connectivity index (χ2n) is 8.75. The van der Waals surface area contributed by atoms with E-state index in [0.29, 0.717) is 13.1 Å². The van der Waals surface area contributed by atoms with Crippen LogP contribution >= 0.6 is 0 Å². The van der Waals surface area contributed by atoms with Gasteiger partial charge in [0.05, 0.1) is 34.6 Å². The molecular formula is C22H26N4O4S. The predicted molar refractivity (Wildman–Crippen MR) is 118 cm³/mol. The number of hydrogen-bond acceptors (Lipinski definition) is 5. The van der Waals surface area contributed by atoms with E-state index >= 15 is 0 Å². The number of nitrogens with zero attached hydrogens (tertiary/aromatic N) is 3. The first-order valence-corrected chi connectivity index (χ1v) is 11.4. The molecule has 2 aromatic carbocycles. The highest BCUT2D eigenvalue weighted by Crippen LogP contribution is 2.36. The van der Waals surface area contributed by atoms with Crippen molar-refractivity contribution in [3.05, 3.63) is 53.9 Å². The molecule has 1 fully saturated rings. The molecule has 1 aromatic heterocycles. The molecule has 0 spiro atoms. The fourth-order valence-corrected chi connectivity index (χ4v) is 5.45. The van der Waals surface area contributed by atoms with Crippen LogP contribution in [0.1, 0.15) is 43.0 Å². The van der Waals surface area contributed by atoms with E-state index in [1.165, 1.54) is 29.6 Å². The lowest BCUT2D eigenvalue weighted by Crippen LogP contribution is -2.51. The molecule has 164 valence electrons. The second kappa shape index (κ2) is 7.35. The molecule has 8 nitrogen and oxygen atoms in total. The third-order valence-corrected chi connectivity index (χ3v) is 7.36. The van der Waals surface area contributed by atoms with Gasteiger partial charge in [-0.2, -0.15) is 4.31 Å². The zero-order valence-corrected chi connectivity index (χ0v) is 18.8. The first kappa shape index (κ1) is 21.3. The van der Waals surface area contributed by atoms with Crippen molar-refractivity contribution in [2.24, 2.45) is 5.73 Å². The monoisotopic (exact) mass is 442 g/mol. The van der Waals surface area contributed by atoms with Crippen molar-refractivity contribution >= 4 is 27.0 Å². The molecule has 3 aromatic rings. The maximum atomic E-state index is 13.2. The normalized spacial score (nSPS) is 15.7. The van der Waals surface area contributed by atoms with E-state index in [4.69, 9.17) is 15.5 Å². The van der Waals surface area contributed by atoms with Crippen LogP contribution in [0.4, 0.5) is 0 Å². The van der Waals surface area contributed by atoms with Crippen LogP contribution in [0.25, 0.3) is 11.0 Å². The number of rotatable bonds is 5. The van der Waals surface area contributed by atoms with Gasteiger partial charge in [-0.1, -0.05) is 32.9 Å². The zero-order valence-electron chi connectivity index (χ0n) is 18.0. The van der Waals surface area contributed by atoms with Gasteiger partial charge in [-0.05, 0) is 30.3 Å². The molecule has 1 aliphatic rings. The minimum absolute atomic E-state index is 0.0204. The van der Waals surface area contributed by atoms with Crippen molar-refractivity contribution in [1.29, 1.82) is 0 Å². The number of imidazole rings is 1. The molecule has 0 atom stereocenters. The standard InChI is InChI=1S/C22H26N4O4S/c1-22(2,3)21-24-17-7-5-6-8-18(17)26(21)14-12-25(13-14)31(28,29)15-9-10-19(30-4)16(11-15)20(23)27/h5-11,14H,12-13H2,1-4H3,(H2,23,27). The van der Waals surface area contributed by atoms with E-state index in [1.54, 1.807) is 0 Å². The Balaban J connectivity index is 1.65. The van der Waals surface area contributed by atoms with Crippen LogP contribution < -0.4 is 10.5 Å². The van der Waals surface area contributed by atoms with Gasteiger partial charge in [-0.15, -0.1) is 0 Å².